The quantitative estimate of drug-likeness (QED) is 0.00914. The van der Waals surface area contributed by atoms with Crippen molar-refractivity contribution < 1.29 is 28.8 Å². The number of aliphatic imine (C=N–C) groups is 1. The minimum atomic E-state index is -0.441. The van der Waals surface area contributed by atoms with E-state index in [9.17, 15) is 28.8 Å². The van der Waals surface area contributed by atoms with Gasteiger partial charge in [0.1, 0.15) is 0 Å². The number of guanidine groups is 1. The molecule has 12 N–H and O–H groups in total. The number of nitrogens with one attached hydrogen (secondary N) is 6. The van der Waals surface area contributed by atoms with Gasteiger partial charge in [0.25, 0.3) is 11.8 Å². The molecule has 4 heterocycles. The molecule has 610 valence electrons. The standard InChI is InChI=1S/C36H43ClN4O2.C29H36N4O2.C28H32Cl2N6O2/c37-31-17-14-28(15-18-31)16-19-35(42)38-26-32-20-25-41(36(43)34(39-32)21-24-40-22-8-3-9-23-40)27-33(29-10-4-1-5-11-29)30-12-6-2-7-13-30;1-2-21(22-8-4-3-5-9-22)20-33-17-15-26(32-27(14-16-30)29(33)35)19-31-28(34)25-13-12-23-10-6-7-11-24(23)18-25;29-22-12-18(13-23(30)15-22)17-36-11-9-24(35-25(27(36)38)6-3-10-33-28(31)32)16-34-26(37)21-8-7-19-4-1-2-5-20(19)14-21/h1-2,4-7,10-19,32-34,39H,3,8-9,20-27H2,(H,38,42);3-13,18,21,26-27,32H,2,14-17,19-20,30H2,1H3,(H,31,34);1-2,4-5,7-8,12-15,24-25,35H,3,6,9-11,16-17H2,(H,34,37)(H4,31,32,33)/b19-16+;;/t32-,34-;21?,26-,27-;24-,25-/m000/s1. The van der Waals surface area contributed by atoms with Crippen molar-refractivity contribution in [3.63, 3.8) is 0 Å². The molecular formula is C93H111Cl3N14O6. The molecule has 4 aliphatic heterocycles. The molecule has 7 atom stereocenters. The van der Waals surface area contributed by atoms with Gasteiger partial charge in [-0.15, -0.1) is 0 Å². The van der Waals surface area contributed by atoms with E-state index in [1.807, 2.05) is 149 Å². The molecule has 116 heavy (non-hydrogen) atoms. The fraction of sp³-hybridized carbons (Fsp3) is 0.366. The van der Waals surface area contributed by atoms with Gasteiger partial charge in [0.05, 0.1) is 18.1 Å². The number of halogens is 3. The molecule has 4 saturated heterocycles. The maximum atomic E-state index is 14.1. The van der Waals surface area contributed by atoms with E-state index < -0.39 is 6.04 Å². The van der Waals surface area contributed by atoms with Gasteiger partial charge in [-0.25, -0.2) is 0 Å². The first-order valence-electron chi connectivity index (χ1n) is 40.9. The highest BCUT2D eigenvalue weighted by atomic mass is 35.5. The highest BCUT2D eigenvalue weighted by Gasteiger charge is 2.36. The molecule has 1 unspecified atom stereocenters. The van der Waals surface area contributed by atoms with Crippen LogP contribution in [0.5, 0.6) is 0 Å². The van der Waals surface area contributed by atoms with Crippen LogP contribution in [0.4, 0.5) is 0 Å². The molecule has 0 aliphatic carbocycles. The average Bonchev–Trinajstić information content (AvgIpc) is 1.45. The smallest absolute Gasteiger partial charge is 0.251 e. The van der Waals surface area contributed by atoms with Crippen LogP contribution in [0.3, 0.4) is 0 Å². The number of likely N-dealkylation sites (tertiary alicyclic amines) is 1. The van der Waals surface area contributed by atoms with E-state index in [0.29, 0.717) is 130 Å². The first-order valence-corrected chi connectivity index (χ1v) is 42.0. The molecular weight excluding hydrogens is 1520 g/mol. The lowest BCUT2D eigenvalue weighted by molar-refractivity contribution is -0.134. The first kappa shape index (κ1) is 86.8. The summed E-state index contributed by atoms with van der Waals surface area (Å²) in [5, 5.41) is 25.7. The molecule has 0 bridgehead atoms. The SMILES string of the molecule is CCC(CN1CC[C@@H](CNC(=O)c2ccc3ccccc3c2)N[C@@H](CCN)C1=O)c1ccccc1.NC(N)=NCCC[C@@H]1N[C@H](CNC(=O)c2ccc3ccccc3c2)CCN(Cc2cc(Cl)cc(Cl)c2)C1=O.O=C(/C=C/c1ccc(Cl)cc1)NC[C@@H]1CCN(CC(c2ccccc2)c2ccccc2)C(=O)[C@H](CCN2CCCCC2)N1. The summed E-state index contributed by atoms with van der Waals surface area (Å²) in [6.45, 7) is 11.0. The van der Waals surface area contributed by atoms with Crippen molar-refractivity contribution in [3.8, 4) is 0 Å². The van der Waals surface area contributed by atoms with Crippen LogP contribution in [0.2, 0.25) is 15.1 Å². The summed E-state index contributed by atoms with van der Waals surface area (Å²) in [6, 6.07) is 70.2. The second-order valence-corrected chi connectivity index (χ2v) is 31.8. The van der Waals surface area contributed by atoms with E-state index in [2.05, 4.69) is 126 Å². The number of carbonyl (C=O) groups excluding carboxylic acids is 6. The molecule has 0 aromatic heterocycles. The second-order valence-electron chi connectivity index (χ2n) is 30.5. The van der Waals surface area contributed by atoms with Crippen LogP contribution < -0.4 is 49.1 Å². The number of nitrogens with two attached hydrogens (primary N) is 3. The van der Waals surface area contributed by atoms with E-state index in [0.717, 1.165) is 78.0 Å². The summed E-state index contributed by atoms with van der Waals surface area (Å²) in [4.78, 5) is 91.8. The Morgan fingerprint density at radius 1 is 0.500 bits per heavy atom. The van der Waals surface area contributed by atoms with Gasteiger partial charge < -0.3 is 68.7 Å². The zero-order chi connectivity index (χ0) is 81.6. The van der Waals surface area contributed by atoms with Crippen LogP contribution in [0.25, 0.3) is 27.6 Å². The van der Waals surface area contributed by atoms with Gasteiger partial charge in [0.2, 0.25) is 23.6 Å². The minimum Gasteiger partial charge on any atom is -0.370 e. The molecule has 9 aromatic carbocycles. The Balaban J connectivity index is 0.000000172. The highest BCUT2D eigenvalue weighted by Crippen LogP contribution is 2.30. The van der Waals surface area contributed by atoms with Crippen LogP contribution in [-0.2, 0) is 25.7 Å². The van der Waals surface area contributed by atoms with Gasteiger partial charge in [-0.1, -0.05) is 212 Å². The molecule has 23 heteroatoms. The predicted octanol–water partition coefficient (Wildman–Crippen LogP) is 13.1. The van der Waals surface area contributed by atoms with Crippen molar-refractivity contribution in [2.24, 2.45) is 22.2 Å². The number of hydrogen-bond acceptors (Lipinski definition) is 12. The Labute approximate surface area is 697 Å². The van der Waals surface area contributed by atoms with E-state index in [4.69, 9.17) is 52.0 Å². The first-order chi connectivity index (χ1) is 56.4. The number of piperidine rings is 1. The Hall–Kier alpha value is -10.0. The molecule has 0 spiro atoms. The number of hydrogen-bond donors (Lipinski definition) is 9. The van der Waals surface area contributed by atoms with E-state index in [-0.39, 0.29) is 77.5 Å². The molecule has 0 radical (unpaired) electrons. The summed E-state index contributed by atoms with van der Waals surface area (Å²) in [6.07, 6.45) is 12.8. The van der Waals surface area contributed by atoms with E-state index >= 15 is 0 Å². The third kappa shape index (κ3) is 26.5. The number of fused-ring (bicyclic) bond motifs is 2. The molecule has 9 aromatic rings. The zero-order valence-corrected chi connectivity index (χ0v) is 68.6. The average molecular weight is 1630 g/mol. The summed E-state index contributed by atoms with van der Waals surface area (Å²) >= 11 is 18.3. The molecule has 13 rings (SSSR count). The lowest BCUT2D eigenvalue weighted by Crippen LogP contribution is -2.50. The van der Waals surface area contributed by atoms with Crippen molar-refractivity contribution >= 4 is 104 Å². The van der Waals surface area contributed by atoms with Gasteiger partial charge in [0, 0.05) is 134 Å². The Bertz CT molecular complexity index is 4670. The third-order valence-electron chi connectivity index (χ3n) is 22.1. The van der Waals surface area contributed by atoms with Crippen LogP contribution >= 0.6 is 34.8 Å². The van der Waals surface area contributed by atoms with Gasteiger partial charge in [-0.05, 0) is 194 Å². The molecule has 4 fully saturated rings. The number of amides is 6. The third-order valence-corrected chi connectivity index (χ3v) is 22.8. The fourth-order valence-corrected chi connectivity index (χ4v) is 16.4. The number of carbonyl (C=O) groups is 6. The van der Waals surface area contributed by atoms with E-state index in [1.165, 1.54) is 36.0 Å². The highest BCUT2D eigenvalue weighted by molar-refractivity contribution is 6.34. The zero-order valence-electron chi connectivity index (χ0n) is 66.3. The van der Waals surface area contributed by atoms with Crippen molar-refractivity contribution in [2.75, 3.05) is 85.1 Å². The van der Waals surface area contributed by atoms with E-state index in [1.54, 1.807) is 18.2 Å². The van der Waals surface area contributed by atoms with Crippen LogP contribution in [-0.4, -0.2) is 182 Å². The number of nitrogens with zero attached hydrogens (tertiary/aromatic N) is 5. The Morgan fingerprint density at radius 2 is 0.966 bits per heavy atom. The normalized spacial score (nSPS) is 19.1. The molecule has 6 amide bonds. The van der Waals surface area contributed by atoms with Gasteiger partial charge >= 0.3 is 0 Å². The maximum absolute atomic E-state index is 14.1. The number of benzene rings is 9. The van der Waals surface area contributed by atoms with Crippen LogP contribution in [0, 0.1) is 0 Å². The monoisotopic (exact) mass is 1620 g/mol. The maximum Gasteiger partial charge on any atom is 0.251 e. The lowest BCUT2D eigenvalue weighted by atomic mass is 9.90. The summed E-state index contributed by atoms with van der Waals surface area (Å²) in [5.74, 6) is 0.248. The van der Waals surface area contributed by atoms with Crippen molar-refractivity contribution in [1.82, 2.24) is 51.5 Å². The van der Waals surface area contributed by atoms with Crippen LogP contribution in [0.1, 0.15) is 138 Å². The van der Waals surface area contributed by atoms with Gasteiger partial charge in [-0.2, -0.15) is 0 Å². The fourth-order valence-electron chi connectivity index (χ4n) is 15.7. The summed E-state index contributed by atoms with van der Waals surface area (Å²) in [7, 11) is 0. The largest absolute Gasteiger partial charge is 0.370 e. The van der Waals surface area contributed by atoms with Crippen molar-refractivity contribution in [2.45, 2.75) is 132 Å². The second kappa shape index (κ2) is 44.9. The summed E-state index contributed by atoms with van der Waals surface area (Å²) < 4.78 is 0. The van der Waals surface area contributed by atoms with Crippen molar-refractivity contribution in [1.29, 1.82) is 0 Å². The van der Waals surface area contributed by atoms with Crippen LogP contribution in [0.15, 0.2) is 229 Å². The Kier molecular flexibility index (Phi) is 33.6. The number of rotatable bonds is 29. The van der Waals surface area contributed by atoms with Gasteiger partial charge in [-0.3, -0.25) is 33.8 Å². The predicted molar refractivity (Wildman–Crippen MR) is 470 cm³/mol. The Morgan fingerprint density at radius 3 is 1.48 bits per heavy atom. The minimum absolute atomic E-state index is 0.0000818. The lowest BCUT2D eigenvalue weighted by Gasteiger charge is -2.31. The van der Waals surface area contributed by atoms with Gasteiger partial charge in [0.15, 0.2) is 5.96 Å². The topological polar surface area (TPSA) is 278 Å². The molecule has 4 aliphatic rings. The summed E-state index contributed by atoms with van der Waals surface area (Å²) in [5.41, 5.74) is 23.4. The van der Waals surface area contributed by atoms with Crippen molar-refractivity contribution in [3.05, 3.63) is 278 Å². The molecule has 20 nitrogen and oxygen atoms in total. The molecule has 0 saturated carbocycles.